The second-order valence-electron chi connectivity index (χ2n) is 9.04. The maximum Gasteiger partial charge on any atom is 0.229 e. The molecule has 2 heterocycles. The molecule has 5 rings (SSSR count). The number of hydrogen-bond donors (Lipinski definition) is 0. The van der Waals surface area contributed by atoms with E-state index in [0.717, 1.165) is 33.5 Å². The third kappa shape index (κ3) is 4.37. The van der Waals surface area contributed by atoms with Gasteiger partial charge in [0.1, 0.15) is 5.75 Å². The number of fused-ring (bicyclic) bond motifs is 2. The Morgan fingerprint density at radius 1 is 1.11 bits per heavy atom. The number of thioether (sulfide) groups is 1. The van der Waals surface area contributed by atoms with Crippen molar-refractivity contribution in [1.82, 2.24) is 4.90 Å². The van der Waals surface area contributed by atoms with E-state index in [1.807, 2.05) is 30.3 Å². The summed E-state index contributed by atoms with van der Waals surface area (Å²) in [6.45, 7) is 2.66. The Labute approximate surface area is 211 Å². The van der Waals surface area contributed by atoms with Crippen molar-refractivity contribution in [1.29, 1.82) is 5.26 Å². The van der Waals surface area contributed by atoms with Gasteiger partial charge in [0.05, 0.1) is 36.3 Å². The highest BCUT2D eigenvalue weighted by molar-refractivity contribution is 8.03. The molecule has 2 aliphatic heterocycles. The largest absolute Gasteiger partial charge is 0.496 e. The molecule has 2 aliphatic rings. The van der Waals surface area contributed by atoms with Crippen molar-refractivity contribution >= 4 is 34.1 Å². The number of ether oxygens (including phenoxy) is 1. The van der Waals surface area contributed by atoms with Crippen molar-refractivity contribution < 1.29 is 9.53 Å². The first kappa shape index (κ1) is 23.3. The van der Waals surface area contributed by atoms with Crippen LogP contribution in [0.15, 0.2) is 71.3 Å². The van der Waals surface area contributed by atoms with Crippen LogP contribution in [0, 0.1) is 11.3 Å². The molecule has 5 nitrogen and oxygen atoms in total. The van der Waals surface area contributed by atoms with Crippen LogP contribution in [0.2, 0.25) is 0 Å². The molecule has 0 aromatic heterocycles. The molecule has 6 heteroatoms. The van der Waals surface area contributed by atoms with E-state index < -0.39 is 0 Å². The SMILES string of the molecule is CCCCc1ccc(N2CSC3=C(C#N)[C@@H](c4c(OC)ccc5ccccc45)CC(=O)N3C2)cc1. The summed E-state index contributed by atoms with van der Waals surface area (Å²) in [5.74, 6) is 1.12. The van der Waals surface area contributed by atoms with Gasteiger partial charge in [-0.2, -0.15) is 5.26 Å². The molecule has 0 aliphatic carbocycles. The molecule has 0 unspecified atom stereocenters. The standard InChI is InChI=1S/C29H29N3O2S/c1-3-4-7-20-10-13-22(14-11-20)31-18-32-27(33)16-24(25(17-30)29(32)35-19-31)28-23-9-6-5-8-21(23)12-15-26(28)34-2/h5-6,8-15,24H,3-4,7,16,18-19H2,1-2H3/t24-/m0/s1. The second kappa shape index (κ2) is 10.1. The molecular weight excluding hydrogens is 454 g/mol. The number of anilines is 1. The lowest BCUT2D eigenvalue weighted by atomic mass is 9.83. The summed E-state index contributed by atoms with van der Waals surface area (Å²) in [4.78, 5) is 17.4. The fourth-order valence-corrected chi connectivity index (χ4v) is 6.21. The predicted octanol–water partition coefficient (Wildman–Crippen LogP) is 6.41. The minimum Gasteiger partial charge on any atom is -0.496 e. The molecule has 178 valence electrons. The van der Waals surface area contributed by atoms with Gasteiger partial charge in [-0.25, -0.2) is 0 Å². The van der Waals surface area contributed by atoms with Crippen molar-refractivity contribution in [2.45, 2.75) is 38.5 Å². The fourth-order valence-electron chi connectivity index (χ4n) is 5.04. The van der Waals surface area contributed by atoms with Gasteiger partial charge in [-0.1, -0.05) is 67.6 Å². The van der Waals surface area contributed by atoms with Crippen molar-refractivity contribution in [2.24, 2.45) is 0 Å². The van der Waals surface area contributed by atoms with Gasteiger partial charge in [0, 0.05) is 23.6 Å². The predicted molar refractivity (Wildman–Crippen MR) is 142 cm³/mol. The van der Waals surface area contributed by atoms with Crippen molar-refractivity contribution in [3.63, 3.8) is 0 Å². The van der Waals surface area contributed by atoms with E-state index in [1.165, 1.54) is 18.4 Å². The zero-order valence-corrected chi connectivity index (χ0v) is 21.0. The van der Waals surface area contributed by atoms with Crippen molar-refractivity contribution in [2.75, 3.05) is 24.6 Å². The third-order valence-corrected chi connectivity index (χ3v) is 8.07. The molecule has 0 N–H and O–H groups in total. The average molecular weight is 484 g/mol. The Hall–Kier alpha value is -3.43. The number of rotatable bonds is 6. The molecule has 0 saturated carbocycles. The Bertz CT molecular complexity index is 1330. The highest BCUT2D eigenvalue weighted by Gasteiger charge is 2.39. The number of benzene rings is 3. The first-order chi connectivity index (χ1) is 17.1. The number of amides is 1. The normalized spacial score (nSPS) is 18.0. The number of carbonyl (C=O) groups is 1. The van der Waals surface area contributed by atoms with Gasteiger partial charge in [0.2, 0.25) is 5.91 Å². The summed E-state index contributed by atoms with van der Waals surface area (Å²) in [6, 6.07) is 23.2. The molecule has 1 atom stereocenters. The summed E-state index contributed by atoms with van der Waals surface area (Å²) >= 11 is 1.57. The number of methoxy groups -OCH3 is 1. The molecule has 0 bridgehead atoms. The van der Waals surface area contributed by atoms with Crippen LogP contribution in [-0.2, 0) is 11.2 Å². The van der Waals surface area contributed by atoms with Gasteiger partial charge in [0.25, 0.3) is 0 Å². The molecule has 1 fully saturated rings. The lowest BCUT2D eigenvalue weighted by Crippen LogP contribution is -2.47. The van der Waals surface area contributed by atoms with E-state index in [1.54, 1.807) is 23.8 Å². The molecule has 3 aromatic carbocycles. The summed E-state index contributed by atoms with van der Waals surface area (Å²) in [7, 11) is 1.64. The number of unbranched alkanes of at least 4 members (excludes halogenated alkanes) is 1. The van der Waals surface area contributed by atoms with Gasteiger partial charge in [0.15, 0.2) is 0 Å². The molecule has 0 spiro atoms. The van der Waals surface area contributed by atoms with E-state index in [0.29, 0.717) is 23.9 Å². The number of allylic oxidation sites excluding steroid dienone is 1. The van der Waals surface area contributed by atoms with E-state index in [-0.39, 0.29) is 18.2 Å². The number of aryl methyl sites for hydroxylation is 1. The van der Waals surface area contributed by atoms with Crippen molar-refractivity contribution in [3.05, 3.63) is 82.4 Å². The first-order valence-electron chi connectivity index (χ1n) is 12.1. The van der Waals surface area contributed by atoms with Gasteiger partial charge in [-0.3, -0.25) is 9.69 Å². The number of nitriles is 1. The topological polar surface area (TPSA) is 56.6 Å². The lowest BCUT2D eigenvalue weighted by molar-refractivity contribution is -0.129. The minimum atomic E-state index is -0.323. The highest BCUT2D eigenvalue weighted by atomic mass is 32.2. The second-order valence-corrected chi connectivity index (χ2v) is 9.97. The Morgan fingerprint density at radius 3 is 2.66 bits per heavy atom. The van der Waals surface area contributed by atoms with Crippen LogP contribution in [0.25, 0.3) is 10.8 Å². The minimum absolute atomic E-state index is 0.0377. The van der Waals surface area contributed by atoms with Crippen LogP contribution < -0.4 is 9.64 Å². The monoisotopic (exact) mass is 483 g/mol. The summed E-state index contributed by atoms with van der Waals surface area (Å²) in [5.41, 5.74) is 4.02. The number of nitrogens with zero attached hydrogens (tertiary/aromatic N) is 3. The summed E-state index contributed by atoms with van der Waals surface area (Å²) < 4.78 is 5.71. The van der Waals surface area contributed by atoms with E-state index in [2.05, 4.69) is 48.2 Å². The maximum absolute atomic E-state index is 13.5. The van der Waals surface area contributed by atoms with Gasteiger partial charge in [-0.15, -0.1) is 0 Å². The lowest BCUT2D eigenvalue weighted by Gasteiger charge is -2.42. The van der Waals surface area contributed by atoms with Crippen molar-refractivity contribution in [3.8, 4) is 11.8 Å². The quantitative estimate of drug-likeness (QED) is 0.405. The zero-order valence-electron chi connectivity index (χ0n) is 20.2. The van der Waals surface area contributed by atoms with E-state index in [9.17, 15) is 10.1 Å². The Morgan fingerprint density at radius 2 is 1.91 bits per heavy atom. The van der Waals surface area contributed by atoms with E-state index >= 15 is 0 Å². The Balaban J connectivity index is 1.48. The van der Waals surface area contributed by atoms with Crippen LogP contribution in [-0.4, -0.2) is 30.5 Å². The van der Waals surface area contributed by atoms with Crippen LogP contribution in [0.3, 0.4) is 0 Å². The number of hydrogen-bond acceptors (Lipinski definition) is 5. The molecule has 0 radical (unpaired) electrons. The van der Waals surface area contributed by atoms with Crippen LogP contribution in [0.5, 0.6) is 5.75 Å². The smallest absolute Gasteiger partial charge is 0.229 e. The highest BCUT2D eigenvalue weighted by Crippen LogP contribution is 2.47. The fraction of sp³-hybridized carbons (Fsp3) is 0.310. The average Bonchev–Trinajstić information content (AvgIpc) is 2.91. The first-order valence-corrected chi connectivity index (χ1v) is 13.1. The Kier molecular flexibility index (Phi) is 6.70. The molecule has 3 aromatic rings. The van der Waals surface area contributed by atoms with Crippen LogP contribution in [0.4, 0.5) is 5.69 Å². The summed E-state index contributed by atoms with van der Waals surface area (Å²) in [5, 5.41) is 13.1. The van der Waals surface area contributed by atoms with Crippen LogP contribution in [0.1, 0.15) is 43.2 Å². The number of carbonyl (C=O) groups excluding carboxylic acids is 1. The molecule has 1 amide bonds. The molecule has 1 saturated heterocycles. The maximum atomic E-state index is 13.5. The van der Waals surface area contributed by atoms with Gasteiger partial charge >= 0.3 is 0 Å². The molecule has 35 heavy (non-hydrogen) atoms. The van der Waals surface area contributed by atoms with Gasteiger partial charge in [-0.05, 0) is 47.4 Å². The van der Waals surface area contributed by atoms with Crippen LogP contribution >= 0.6 is 11.8 Å². The third-order valence-electron chi connectivity index (χ3n) is 6.91. The van der Waals surface area contributed by atoms with Gasteiger partial charge < -0.3 is 9.64 Å². The summed E-state index contributed by atoms with van der Waals surface area (Å²) in [6.07, 6.45) is 3.72. The molecular formula is C29H29N3O2S. The van der Waals surface area contributed by atoms with E-state index in [4.69, 9.17) is 4.74 Å². The zero-order chi connectivity index (χ0) is 24.4.